The van der Waals surface area contributed by atoms with Gasteiger partial charge in [0, 0.05) is 12.4 Å². The zero-order valence-corrected chi connectivity index (χ0v) is 5.93. The van der Waals surface area contributed by atoms with Gasteiger partial charge in [0.1, 0.15) is 0 Å². The van der Waals surface area contributed by atoms with Gasteiger partial charge in [-0.1, -0.05) is 0 Å². The summed E-state index contributed by atoms with van der Waals surface area (Å²) >= 11 is 1.59. The van der Waals surface area contributed by atoms with Crippen molar-refractivity contribution in [3.63, 3.8) is 0 Å². The van der Waals surface area contributed by atoms with E-state index in [2.05, 4.69) is 15.0 Å². The second kappa shape index (κ2) is 2.22. The summed E-state index contributed by atoms with van der Waals surface area (Å²) in [4.78, 5) is 12.0. The second-order valence-corrected chi connectivity index (χ2v) is 2.71. The lowest BCUT2D eigenvalue weighted by molar-refractivity contribution is 1.31. The van der Waals surface area contributed by atoms with E-state index in [0.717, 1.165) is 10.6 Å². The number of nitrogens with zero attached hydrogens (tertiary/aromatic N) is 2. The SMILES string of the molecule is c1nc(-c2cncs2)c[nH]1. The van der Waals surface area contributed by atoms with Gasteiger partial charge in [-0.2, -0.15) is 0 Å². The van der Waals surface area contributed by atoms with Crippen LogP contribution < -0.4 is 0 Å². The smallest absolute Gasteiger partial charge is 0.0995 e. The van der Waals surface area contributed by atoms with Crippen molar-refractivity contribution in [2.24, 2.45) is 0 Å². The number of thiazole rings is 1. The van der Waals surface area contributed by atoms with E-state index < -0.39 is 0 Å². The van der Waals surface area contributed by atoms with Gasteiger partial charge < -0.3 is 4.98 Å². The molecule has 50 valence electrons. The van der Waals surface area contributed by atoms with Gasteiger partial charge in [0.2, 0.25) is 0 Å². The first-order valence-corrected chi connectivity index (χ1v) is 3.72. The van der Waals surface area contributed by atoms with E-state index >= 15 is 0 Å². The van der Waals surface area contributed by atoms with Crippen LogP contribution in [0.25, 0.3) is 10.6 Å². The van der Waals surface area contributed by atoms with E-state index in [1.165, 1.54) is 0 Å². The minimum Gasteiger partial charge on any atom is -0.351 e. The Balaban J connectivity index is 2.48. The molecule has 2 aromatic rings. The molecule has 0 fully saturated rings. The Labute approximate surface area is 61.8 Å². The van der Waals surface area contributed by atoms with Crippen LogP contribution in [0.5, 0.6) is 0 Å². The van der Waals surface area contributed by atoms with Crippen molar-refractivity contribution in [2.75, 3.05) is 0 Å². The molecule has 2 aromatic heterocycles. The Morgan fingerprint density at radius 3 is 3.10 bits per heavy atom. The molecule has 0 spiro atoms. The quantitative estimate of drug-likeness (QED) is 0.671. The maximum atomic E-state index is 4.07. The summed E-state index contributed by atoms with van der Waals surface area (Å²) in [6.45, 7) is 0. The maximum absolute atomic E-state index is 4.07. The first kappa shape index (κ1) is 5.61. The van der Waals surface area contributed by atoms with Gasteiger partial charge in [0.15, 0.2) is 0 Å². The van der Waals surface area contributed by atoms with Crippen LogP contribution in [-0.2, 0) is 0 Å². The van der Waals surface area contributed by atoms with E-state index in [0.29, 0.717) is 0 Å². The molecule has 0 aromatic carbocycles. The minimum atomic E-state index is 0.961. The number of nitrogens with one attached hydrogen (secondary N) is 1. The van der Waals surface area contributed by atoms with Crippen LogP contribution in [-0.4, -0.2) is 15.0 Å². The molecule has 0 aliphatic carbocycles. The average molecular weight is 151 g/mol. The van der Waals surface area contributed by atoms with Gasteiger partial charge in [-0.25, -0.2) is 4.98 Å². The van der Waals surface area contributed by atoms with Crippen molar-refractivity contribution < 1.29 is 0 Å². The molecular formula is C6H5N3S. The fourth-order valence-electron chi connectivity index (χ4n) is 0.737. The molecule has 3 nitrogen and oxygen atoms in total. The van der Waals surface area contributed by atoms with Crippen molar-refractivity contribution in [3.05, 3.63) is 24.2 Å². The number of H-pyrrole nitrogens is 1. The summed E-state index contributed by atoms with van der Waals surface area (Å²) in [5.74, 6) is 0. The molecular weight excluding hydrogens is 146 g/mol. The summed E-state index contributed by atoms with van der Waals surface area (Å²) in [5, 5.41) is 0. The molecule has 0 unspecified atom stereocenters. The molecule has 0 amide bonds. The van der Waals surface area contributed by atoms with Gasteiger partial charge in [-0.3, -0.25) is 4.98 Å². The van der Waals surface area contributed by atoms with Gasteiger partial charge >= 0.3 is 0 Å². The highest BCUT2D eigenvalue weighted by atomic mass is 32.1. The Kier molecular flexibility index (Phi) is 1.25. The van der Waals surface area contributed by atoms with Gasteiger partial charge in [-0.05, 0) is 0 Å². The predicted molar refractivity (Wildman–Crippen MR) is 39.7 cm³/mol. The zero-order chi connectivity index (χ0) is 6.81. The Hall–Kier alpha value is -1.16. The van der Waals surface area contributed by atoms with Crippen molar-refractivity contribution in [2.45, 2.75) is 0 Å². The number of hydrogen-bond acceptors (Lipinski definition) is 3. The molecule has 2 heterocycles. The van der Waals surface area contributed by atoms with E-state index in [4.69, 9.17) is 0 Å². The molecule has 1 N–H and O–H groups in total. The van der Waals surface area contributed by atoms with E-state index in [1.54, 1.807) is 29.4 Å². The zero-order valence-electron chi connectivity index (χ0n) is 5.11. The average Bonchev–Trinajstić information content (AvgIpc) is 2.59. The lowest BCUT2D eigenvalue weighted by atomic mass is 10.4. The second-order valence-electron chi connectivity index (χ2n) is 1.82. The largest absolute Gasteiger partial charge is 0.351 e. The van der Waals surface area contributed by atoms with Crippen LogP contribution in [0.4, 0.5) is 0 Å². The molecule has 0 aliphatic rings. The van der Waals surface area contributed by atoms with Crippen molar-refractivity contribution >= 4 is 11.3 Å². The summed E-state index contributed by atoms with van der Waals surface area (Å²) in [6, 6.07) is 0. The normalized spacial score (nSPS) is 10.0. The molecule has 10 heavy (non-hydrogen) atoms. The third-order valence-corrected chi connectivity index (χ3v) is 1.98. The van der Waals surface area contributed by atoms with Gasteiger partial charge in [-0.15, -0.1) is 11.3 Å². The maximum Gasteiger partial charge on any atom is 0.0995 e. The molecule has 0 aliphatic heterocycles. The van der Waals surface area contributed by atoms with Crippen LogP contribution >= 0.6 is 11.3 Å². The molecule has 4 heteroatoms. The topological polar surface area (TPSA) is 41.6 Å². The number of aromatic amines is 1. The van der Waals surface area contributed by atoms with Crippen LogP contribution in [0, 0.1) is 0 Å². The number of hydrogen-bond donors (Lipinski definition) is 1. The highest BCUT2D eigenvalue weighted by Gasteiger charge is 1.98. The van der Waals surface area contributed by atoms with Gasteiger partial charge in [0.05, 0.1) is 22.4 Å². The Bertz CT molecular complexity index is 252. The first-order valence-electron chi connectivity index (χ1n) is 2.84. The first-order chi connectivity index (χ1) is 4.97. The van der Waals surface area contributed by atoms with Gasteiger partial charge in [0.25, 0.3) is 0 Å². The Morgan fingerprint density at radius 1 is 1.50 bits per heavy atom. The lowest BCUT2D eigenvalue weighted by Gasteiger charge is -1.82. The van der Waals surface area contributed by atoms with Crippen LogP contribution in [0.1, 0.15) is 0 Å². The third kappa shape index (κ3) is 0.823. The van der Waals surface area contributed by atoms with Crippen LogP contribution in [0.15, 0.2) is 24.2 Å². The molecule has 0 saturated heterocycles. The summed E-state index contributed by atoms with van der Waals surface area (Å²) in [5.41, 5.74) is 2.76. The van der Waals surface area contributed by atoms with Crippen molar-refractivity contribution in [1.82, 2.24) is 15.0 Å². The monoisotopic (exact) mass is 151 g/mol. The number of imidazole rings is 1. The lowest BCUT2D eigenvalue weighted by Crippen LogP contribution is -1.66. The Morgan fingerprint density at radius 2 is 2.50 bits per heavy atom. The van der Waals surface area contributed by atoms with Crippen LogP contribution in [0.2, 0.25) is 0 Å². The molecule has 2 rings (SSSR count). The van der Waals surface area contributed by atoms with E-state index in [-0.39, 0.29) is 0 Å². The molecule has 0 atom stereocenters. The van der Waals surface area contributed by atoms with Crippen LogP contribution in [0.3, 0.4) is 0 Å². The van der Waals surface area contributed by atoms with E-state index in [9.17, 15) is 0 Å². The molecule has 0 bridgehead atoms. The van der Waals surface area contributed by atoms with Crippen molar-refractivity contribution in [1.29, 1.82) is 0 Å². The summed E-state index contributed by atoms with van der Waals surface area (Å²) in [7, 11) is 0. The number of rotatable bonds is 1. The summed E-state index contributed by atoms with van der Waals surface area (Å²) < 4.78 is 0. The number of aromatic nitrogens is 3. The minimum absolute atomic E-state index is 0.961. The summed E-state index contributed by atoms with van der Waals surface area (Å²) in [6.07, 6.45) is 5.32. The standard InChI is InChI=1S/C6H5N3S/c1-5(9-3-7-1)6-2-8-4-10-6/h1-4H,(H,7,9). The van der Waals surface area contributed by atoms with Crippen molar-refractivity contribution in [3.8, 4) is 10.6 Å². The van der Waals surface area contributed by atoms with E-state index in [1.807, 2.05) is 6.20 Å². The molecule has 0 saturated carbocycles. The highest BCUT2D eigenvalue weighted by Crippen LogP contribution is 2.18. The third-order valence-electron chi connectivity index (χ3n) is 1.18. The fraction of sp³-hybridized carbons (Fsp3) is 0. The molecule has 0 radical (unpaired) electrons. The highest BCUT2D eigenvalue weighted by molar-refractivity contribution is 7.13. The predicted octanol–water partition coefficient (Wildman–Crippen LogP) is 1.53. The fourth-order valence-corrected chi connectivity index (χ4v) is 1.33.